The van der Waals surface area contributed by atoms with E-state index in [1.807, 2.05) is 24.3 Å². The summed E-state index contributed by atoms with van der Waals surface area (Å²) >= 11 is 0. The number of carbonyl (C=O) groups excluding carboxylic acids is 2. The van der Waals surface area contributed by atoms with E-state index in [0.717, 1.165) is 28.1 Å². The van der Waals surface area contributed by atoms with Gasteiger partial charge in [0, 0.05) is 23.0 Å². The molecule has 0 saturated heterocycles. The number of aromatic nitrogens is 3. The van der Waals surface area contributed by atoms with Crippen molar-refractivity contribution in [3.8, 4) is 17.5 Å². The predicted octanol–water partition coefficient (Wildman–Crippen LogP) is 3.73. The molecule has 0 atom stereocenters. The van der Waals surface area contributed by atoms with Gasteiger partial charge >= 0.3 is 5.97 Å². The van der Waals surface area contributed by atoms with Crippen LogP contribution in [0.15, 0.2) is 30.5 Å². The second kappa shape index (κ2) is 7.55. The summed E-state index contributed by atoms with van der Waals surface area (Å²) in [6, 6.07) is 7.63. The maximum Gasteiger partial charge on any atom is 0.385 e. The van der Waals surface area contributed by atoms with Gasteiger partial charge in [0.25, 0.3) is 0 Å². The number of fused-ring (bicyclic) bond motifs is 2. The molecular weight excluding hydrogens is 392 g/mol. The first-order valence-electron chi connectivity index (χ1n) is 10.2. The number of pyridine rings is 1. The molecule has 0 aliphatic carbocycles. The molecule has 1 aliphatic rings. The van der Waals surface area contributed by atoms with Crippen LogP contribution in [-0.4, -0.2) is 32.0 Å². The molecule has 3 heterocycles. The third kappa shape index (κ3) is 4.29. The fraction of sp³-hybridized carbons (Fsp3) is 0.333. The molecule has 0 saturated carbocycles. The number of hydrogen-bond donors (Lipinski definition) is 1. The quantitative estimate of drug-likeness (QED) is 0.508. The fourth-order valence-corrected chi connectivity index (χ4v) is 3.48. The van der Waals surface area contributed by atoms with E-state index in [1.165, 1.54) is 0 Å². The van der Waals surface area contributed by atoms with E-state index in [2.05, 4.69) is 40.6 Å². The van der Waals surface area contributed by atoms with Crippen molar-refractivity contribution in [3.63, 3.8) is 0 Å². The number of nitrogens with zero attached hydrogens (tertiary/aromatic N) is 3. The molecule has 0 unspecified atom stereocenters. The number of nitrogens with one attached hydrogen (secondary N) is 1. The highest BCUT2D eigenvalue weighted by Gasteiger charge is 2.22. The Morgan fingerprint density at radius 2 is 2.03 bits per heavy atom. The molecule has 158 valence electrons. The SMILES string of the molecule is CC(C)c1nc2cc(C#CC(=O)OC(C)(C)C)ccc2n1-c1cnc2c(c1)CC(=O)N2. The minimum Gasteiger partial charge on any atom is -0.450 e. The molecular formula is C24H24N4O3. The van der Waals surface area contributed by atoms with Crippen LogP contribution in [0.1, 0.15) is 57.5 Å². The van der Waals surface area contributed by atoms with Gasteiger partial charge in [-0.15, -0.1) is 0 Å². The zero-order chi connectivity index (χ0) is 22.3. The van der Waals surface area contributed by atoms with Crippen molar-refractivity contribution in [1.29, 1.82) is 0 Å². The Kier molecular flexibility index (Phi) is 5.02. The van der Waals surface area contributed by atoms with Crippen LogP contribution in [0.4, 0.5) is 5.82 Å². The summed E-state index contributed by atoms with van der Waals surface area (Å²) in [7, 11) is 0. The summed E-state index contributed by atoms with van der Waals surface area (Å²) in [4.78, 5) is 32.8. The van der Waals surface area contributed by atoms with Crippen LogP contribution in [0.3, 0.4) is 0 Å². The van der Waals surface area contributed by atoms with Gasteiger partial charge in [-0.05, 0) is 45.0 Å². The van der Waals surface area contributed by atoms with Crippen LogP contribution in [0.5, 0.6) is 0 Å². The molecule has 0 fully saturated rings. The van der Waals surface area contributed by atoms with Gasteiger partial charge in [-0.25, -0.2) is 14.8 Å². The highest BCUT2D eigenvalue weighted by atomic mass is 16.6. The lowest BCUT2D eigenvalue weighted by Gasteiger charge is -2.16. The monoisotopic (exact) mass is 416 g/mol. The lowest BCUT2D eigenvalue weighted by molar-refractivity contribution is -0.147. The van der Waals surface area contributed by atoms with Crippen molar-refractivity contribution in [2.45, 2.75) is 52.6 Å². The molecule has 1 aromatic carbocycles. The van der Waals surface area contributed by atoms with Crippen molar-refractivity contribution < 1.29 is 14.3 Å². The summed E-state index contributed by atoms with van der Waals surface area (Å²) < 4.78 is 7.29. The first-order chi connectivity index (χ1) is 14.6. The van der Waals surface area contributed by atoms with E-state index in [9.17, 15) is 9.59 Å². The molecule has 1 amide bonds. The van der Waals surface area contributed by atoms with E-state index in [-0.39, 0.29) is 11.8 Å². The lowest BCUT2D eigenvalue weighted by Crippen LogP contribution is -2.22. The van der Waals surface area contributed by atoms with Crippen LogP contribution in [0.25, 0.3) is 16.7 Å². The number of anilines is 1. The van der Waals surface area contributed by atoms with Gasteiger partial charge in [0.05, 0.1) is 29.3 Å². The molecule has 3 aromatic rings. The summed E-state index contributed by atoms with van der Waals surface area (Å²) in [5.41, 5.74) is 3.51. The third-order valence-corrected chi connectivity index (χ3v) is 4.72. The van der Waals surface area contributed by atoms with Crippen molar-refractivity contribution in [1.82, 2.24) is 14.5 Å². The second-order valence-corrected chi connectivity index (χ2v) is 8.84. The maximum atomic E-state index is 11.9. The standard InChI is InChI=1S/C24H24N4O3/c1-14(2)23-26-18-10-15(7-9-21(30)31-24(3,4)5)6-8-19(18)28(23)17-11-16-12-20(29)27-22(16)25-13-17/h6,8,10-11,13-14H,12H2,1-5H3,(H,25,27,29). The average Bonchev–Trinajstić information content (AvgIpc) is 3.23. The van der Waals surface area contributed by atoms with Gasteiger partial charge in [-0.2, -0.15) is 0 Å². The van der Waals surface area contributed by atoms with Crippen LogP contribution in [0.2, 0.25) is 0 Å². The molecule has 2 aromatic heterocycles. The number of benzene rings is 1. The summed E-state index contributed by atoms with van der Waals surface area (Å²) in [6.45, 7) is 9.56. The number of carbonyl (C=O) groups is 2. The molecule has 0 bridgehead atoms. The van der Waals surface area contributed by atoms with E-state index >= 15 is 0 Å². The Morgan fingerprint density at radius 3 is 2.74 bits per heavy atom. The van der Waals surface area contributed by atoms with E-state index < -0.39 is 11.6 Å². The summed E-state index contributed by atoms with van der Waals surface area (Å²) in [5, 5.41) is 2.76. The minimum atomic E-state index is -0.579. The average molecular weight is 416 g/mol. The van der Waals surface area contributed by atoms with Gasteiger partial charge in [0.15, 0.2) is 0 Å². The maximum absolute atomic E-state index is 11.9. The molecule has 1 aliphatic heterocycles. The lowest BCUT2D eigenvalue weighted by atomic mass is 10.1. The first kappa shape index (κ1) is 20.6. The largest absolute Gasteiger partial charge is 0.450 e. The Bertz CT molecular complexity index is 1270. The Morgan fingerprint density at radius 1 is 1.26 bits per heavy atom. The molecule has 1 N–H and O–H groups in total. The molecule has 7 nitrogen and oxygen atoms in total. The van der Waals surface area contributed by atoms with Crippen molar-refractivity contribution in [2.24, 2.45) is 0 Å². The van der Waals surface area contributed by atoms with Crippen LogP contribution < -0.4 is 5.32 Å². The van der Waals surface area contributed by atoms with E-state index in [1.54, 1.807) is 27.0 Å². The highest BCUT2D eigenvalue weighted by molar-refractivity contribution is 5.98. The van der Waals surface area contributed by atoms with Gasteiger partial charge in [0.1, 0.15) is 17.2 Å². The molecule has 4 rings (SSSR count). The number of hydrogen-bond acceptors (Lipinski definition) is 5. The summed E-state index contributed by atoms with van der Waals surface area (Å²) in [5.74, 6) is 6.45. The fourth-order valence-electron chi connectivity index (χ4n) is 3.48. The van der Waals surface area contributed by atoms with Crippen molar-refractivity contribution in [2.75, 3.05) is 5.32 Å². The summed E-state index contributed by atoms with van der Waals surface area (Å²) in [6.07, 6.45) is 2.07. The van der Waals surface area contributed by atoms with E-state index in [0.29, 0.717) is 17.8 Å². The molecule has 7 heteroatoms. The number of rotatable bonds is 2. The Balaban J connectivity index is 1.74. The van der Waals surface area contributed by atoms with Crippen LogP contribution >= 0.6 is 0 Å². The minimum absolute atomic E-state index is 0.0487. The number of imidazole rings is 1. The number of amides is 1. The molecule has 0 spiro atoms. The topological polar surface area (TPSA) is 86.1 Å². The normalized spacial score (nSPS) is 13.0. The Hall–Kier alpha value is -3.66. The van der Waals surface area contributed by atoms with E-state index in [4.69, 9.17) is 9.72 Å². The second-order valence-electron chi connectivity index (χ2n) is 8.84. The van der Waals surface area contributed by atoms with Crippen molar-refractivity contribution >= 4 is 28.7 Å². The smallest absolute Gasteiger partial charge is 0.385 e. The first-order valence-corrected chi connectivity index (χ1v) is 10.2. The van der Waals surface area contributed by atoms with Crippen LogP contribution in [0, 0.1) is 11.8 Å². The van der Waals surface area contributed by atoms with Gasteiger partial charge < -0.3 is 10.1 Å². The zero-order valence-corrected chi connectivity index (χ0v) is 18.2. The predicted molar refractivity (Wildman–Crippen MR) is 118 cm³/mol. The third-order valence-electron chi connectivity index (χ3n) is 4.72. The highest BCUT2D eigenvalue weighted by Crippen LogP contribution is 2.29. The zero-order valence-electron chi connectivity index (χ0n) is 18.2. The number of esters is 1. The molecule has 31 heavy (non-hydrogen) atoms. The van der Waals surface area contributed by atoms with Gasteiger partial charge in [-0.1, -0.05) is 19.8 Å². The Labute approximate surface area is 180 Å². The van der Waals surface area contributed by atoms with Crippen LogP contribution in [-0.2, 0) is 20.7 Å². The molecule has 0 radical (unpaired) electrons. The number of ether oxygens (including phenoxy) is 1. The van der Waals surface area contributed by atoms with Crippen molar-refractivity contribution in [3.05, 3.63) is 47.4 Å². The van der Waals surface area contributed by atoms with Gasteiger partial charge in [0.2, 0.25) is 5.91 Å². The van der Waals surface area contributed by atoms with Gasteiger partial charge in [-0.3, -0.25) is 9.36 Å².